The molecule has 1 nitrogen and oxygen atoms in total. The van der Waals surface area contributed by atoms with E-state index in [0.717, 1.165) is 31.4 Å². The molecule has 1 N–H and O–H groups in total. The van der Waals surface area contributed by atoms with E-state index >= 15 is 0 Å². The highest BCUT2D eigenvalue weighted by atomic mass is 19.1. The number of rotatable bonds is 6. The molecule has 146 valence electrons. The number of benzene rings is 3. The predicted molar refractivity (Wildman–Crippen MR) is 120 cm³/mol. The van der Waals surface area contributed by atoms with Gasteiger partial charge in [0.2, 0.25) is 0 Å². The van der Waals surface area contributed by atoms with Crippen LogP contribution < -0.4 is 5.32 Å². The molecule has 0 fully saturated rings. The first-order valence-electron chi connectivity index (χ1n) is 10.2. The number of halogens is 1. The zero-order valence-corrected chi connectivity index (χ0v) is 16.5. The van der Waals surface area contributed by atoms with Crippen LogP contribution in [0.25, 0.3) is 11.6 Å². The topological polar surface area (TPSA) is 12.0 Å². The zero-order valence-electron chi connectivity index (χ0n) is 16.5. The van der Waals surface area contributed by atoms with Gasteiger partial charge >= 0.3 is 0 Å². The molecule has 0 spiro atoms. The van der Waals surface area contributed by atoms with E-state index < -0.39 is 0 Å². The van der Waals surface area contributed by atoms with Crippen molar-refractivity contribution in [3.63, 3.8) is 0 Å². The quantitative estimate of drug-likeness (QED) is 0.529. The Labute approximate surface area is 172 Å². The summed E-state index contributed by atoms with van der Waals surface area (Å²) in [6.45, 7) is 0.893. The van der Waals surface area contributed by atoms with E-state index in [0.29, 0.717) is 6.04 Å². The zero-order chi connectivity index (χ0) is 19.9. The van der Waals surface area contributed by atoms with Gasteiger partial charge in [0.1, 0.15) is 5.82 Å². The highest BCUT2D eigenvalue weighted by Crippen LogP contribution is 2.28. The molecule has 1 atom stereocenters. The maximum absolute atomic E-state index is 13.2. The van der Waals surface area contributed by atoms with Crippen molar-refractivity contribution in [1.82, 2.24) is 5.32 Å². The minimum atomic E-state index is -0.186. The van der Waals surface area contributed by atoms with Crippen LogP contribution in [0.15, 0.2) is 91.0 Å². The highest BCUT2D eigenvalue weighted by molar-refractivity contribution is 5.70. The second kappa shape index (κ2) is 9.49. The Morgan fingerprint density at radius 2 is 1.66 bits per heavy atom. The molecule has 3 aromatic carbocycles. The summed E-state index contributed by atoms with van der Waals surface area (Å²) in [5.41, 5.74) is 6.39. The Hall–Kier alpha value is -2.97. The van der Waals surface area contributed by atoms with Gasteiger partial charge in [-0.25, -0.2) is 4.39 Å². The molecule has 2 heteroatoms. The number of nitrogens with one attached hydrogen (secondary N) is 1. The minimum Gasteiger partial charge on any atom is -0.310 e. The van der Waals surface area contributed by atoms with E-state index in [-0.39, 0.29) is 5.82 Å². The van der Waals surface area contributed by atoms with Gasteiger partial charge < -0.3 is 5.32 Å². The monoisotopic (exact) mass is 383 g/mol. The summed E-state index contributed by atoms with van der Waals surface area (Å²) < 4.78 is 13.2. The van der Waals surface area contributed by atoms with E-state index in [1.165, 1.54) is 34.4 Å². The van der Waals surface area contributed by atoms with Gasteiger partial charge in [0, 0.05) is 12.6 Å². The van der Waals surface area contributed by atoms with Crippen molar-refractivity contribution < 1.29 is 4.39 Å². The fourth-order valence-corrected chi connectivity index (χ4v) is 3.90. The first kappa shape index (κ1) is 19.4. The second-order valence-corrected chi connectivity index (χ2v) is 7.55. The molecule has 1 aliphatic rings. The third-order valence-corrected chi connectivity index (χ3v) is 5.42. The average Bonchev–Trinajstić information content (AvgIpc) is 2.77. The van der Waals surface area contributed by atoms with Crippen LogP contribution in [0.4, 0.5) is 4.39 Å². The molecule has 0 amide bonds. The summed E-state index contributed by atoms with van der Waals surface area (Å²) >= 11 is 0. The Kier molecular flexibility index (Phi) is 6.33. The van der Waals surface area contributed by atoms with Crippen LogP contribution in [0.3, 0.4) is 0 Å². The van der Waals surface area contributed by atoms with Crippen LogP contribution in [0.2, 0.25) is 0 Å². The van der Waals surface area contributed by atoms with E-state index in [1.54, 1.807) is 0 Å². The molecule has 29 heavy (non-hydrogen) atoms. The standard InChI is InChI=1S/C27H26FN/c28-25-15-13-22(14-16-25)19-23-10-4-5-12-27(23)24-17-18-29-26(20-24)11-6-9-21-7-2-1-3-8-21/h1-10,12-17,26,29H,11,18-20H2. The second-order valence-electron chi connectivity index (χ2n) is 7.55. The molecular formula is C27H26FN. The van der Waals surface area contributed by atoms with Crippen molar-refractivity contribution in [1.29, 1.82) is 0 Å². The predicted octanol–water partition coefficient (Wildman–Crippen LogP) is 6.27. The Bertz CT molecular complexity index is 987. The molecule has 0 bridgehead atoms. The van der Waals surface area contributed by atoms with Crippen molar-refractivity contribution >= 4 is 11.6 Å². The third kappa shape index (κ3) is 5.30. The smallest absolute Gasteiger partial charge is 0.123 e. The van der Waals surface area contributed by atoms with Crippen molar-refractivity contribution in [2.24, 2.45) is 0 Å². The molecule has 1 unspecified atom stereocenters. The van der Waals surface area contributed by atoms with Gasteiger partial charge in [-0.3, -0.25) is 0 Å². The summed E-state index contributed by atoms with van der Waals surface area (Å²) in [4.78, 5) is 0. The molecule has 4 rings (SSSR count). The van der Waals surface area contributed by atoms with Gasteiger partial charge in [0.25, 0.3) is 0 Å². The lowest BCUT2D eigenvalue weighted by Gasteiger charge is -2.25. The molecule has 0 saturated carbocycles. The van der Waals surface area contributed by atoms with Crippen LogP contribution in [0.5, 0.6) is 0 Å². The molecule has 0 aliphatic carbocycles. The summed E-state index contributed by atoms with van der Waals surface area (Å²) in [7, 11) is 0. The normalized spacial score (nSPS) is 16.7. The van der Waals surface area contributed by atoms with Crippen molar-refractivity contribution in [3.05, 3.63) is 119 Å². The van der Waals surface area contributed by atoms with E-state index in [4.69, 9.17) is 0 Å². The summed E-state index contributed by atoms with van der Waals surface area (Å²) in [6.07, 6.45) is 9.61. The molecule has 0 saturated heterocycles. The highest BCUT2D eigenvalue weighted by Gasteiger charge is 2.17. The lowest BCUT2D eigenvalue weighted by atomic mass is 9.89. The molecular weight excluding hydrogens is 357 g/mol. The SMILES string of the molecule is Fc1ccc(Cc2ccccc2C2=CCNC(CC=Cc3ccccc3)C2)cc1. The first-order valence-corrected chi connectivity index (χ1v) is 10.2. The first-order chi connectivity index (χ1) is 14.3. The third-order valence-electron chi connectivity index (χ3n) is 5.42. The van der Waals surface area contributed by atoms with Gasteiger partial charge in [-0.05, 0) is 59.2 Å². The van der Waals surface area contributed by atoms with Crippen LogP contribution in [-0.4, -0.2) is 12.6 Å². The molecule has 3 aromatic rings. The Morgan fingerprint density at radius 1 is 0.897 bits per heavy atom. The van der Waals surface area contributed by atoms with E-state index in [9.17, 15) is 4.39 Å². The van der Waals surface area contributed by atoms with Gasteiger partial charge in [-0.15, -0.1) is 0 Å². The Balaban J connectivity index is 1.45. The minimum absolute atomic E-state index is 0.186. The van der Waals surface area contributed by atoms with Gasteiger partial charge in [-0.1, -0.05) is 85.0 Å². The van der Waals surface area contributed by atoms with Crippen molar-refractivity contribution in [2.45, 2.75) is 25.3 Å². The molecule has 1 heterocycles. The fourth-order valence-electron chi connectivity index (χ4n) is 3.90. The van der Waals surface area contributed by atoms with Crippen molar-refractivity contribution in [3.8, 4) is 0 Å². The molecule has 0 radical (unpaired) electrons. The van der Waals surface area contributed by atoms with E-state index in [2.05, 4.69) is 72.1 Å². The van der Waals surface area contributed by atoms with Gasteiger partial charge in [0.05, 0.1) is 0 Å². The van der Waals surface area contributed by atoms with Gasteiger partial charge in [0.15, 0.2) is 0 Å². The summed E-state index contributed by atoms with van der Waals surface area (Å²) in [5.74, 6) is -0.186. The van der Waals surface area contributed by atoms with Crippen LogP contribution >= 0.6 is 0 Å². The van der Waals surface area contributed by atoms with Gasteiger partial charge in [-0.2, -0.15) is 0 Å². The van der Waals surface area contributed by atoms with Crippen LogP contribution in [0.1, 0.15) is 35.1 Å². The molecule has 0 aromatic heterocycles. The lowest BCUT2D eigenvalue weighted by molar-refractivity contribution is 0.542. The maximum atomic E-state index is 13.2. The van der Waals surface area contributed by atoms with Crippen LogP contribution in [0, 0.1) is 5.82 Å². The Morgan fingerprint density at radius 3 is 2.48 bits per heavy atom. The number of hydrogen-bond donors (Lipinski definition) is 1. The average molecular weight is 384 g/mol. The summed E-state index contributed by atoms with van der Waals surface area (Å²) in [5, 5.41) is 3.61. The van der Waals surface area contributed by atoms with E-state index in [1.807, 2.05) is 18.2 Å². The maximum Gasteiger partial charge on any atom is 0.123 e. The summed E-state index contributed by atoms with van der Waals surface area (Å²) in [6, 6.07) is 26.3. The lowest BCUT2D eigenvalue weighted by Crippen LogP contribution is -2.32. The fraction of sp³-hybridized carbons (Fsp3) is 0.185. The van der Waals surface area contributed by atoms with Crippen LogP contribution in [-0.2, 0) is 6.42 Å². The molecule has 1 aliphatic heterocycles. The van der Waals surface area contributed by atoms with Crippen molar-refractivity contribution in [2.75, 3.05) is 6.54 Å². The largest absolute Gasteiger partial charge is 0.310 e. The number of hydrogen-bond acceptors (Lipinski definition) is 1.